The lowest BCUT2D eigenvalue weighted by atomic mass is 9.78. The van der Waals surface area contributed by atoms with E-state index in [1.807, 2.05) is 31.3 Å². The van der Waals surface area contributed by atoms with Crippen LogP contribution in [-0.2, 0) is 6.42 Å². The first-order valence-electron chi connectivity index (χ1n) is 22.0. The third-order valence-electron chi connectivity index (χ3n) is 13.3. The number of amides is 1. The van der Waals surface area contributed by atoms with Crippen LogP contribution >= 0.6 is 22.9 Å². The third-order valence-corrected chi connectivity index (χ3v) is 14.8. The Hall–Kier alpha value is -6.18. The van der Waals surface area contributed by atoms with Crippen molar-refractivity contribution >= 4 is 40.4 Å². The summed E-state index contributed by atoms with van der Waals surface area (Å²) in [4.78, 5) is 31.4. The van der Waals surface area contributed by atoms with Gasteiger partial charge >= 0.3 is 0 Å². The van der Waals surface area contributed by atoms with Gasteiger partial charge in [-0.05, 0) is 126 Å². The van der Waals surface area contributed by atoms with Gasteiger partial charge in [0.25, 0.3) is 5.91 Å². The van der Waals surface area contributed by atoms with Crippen LogP contribution in [0.1, 0.15) is 119 Å². The Balaban J connectivity index is 0.753. The van der Waals surface area contributed by atoms with Gasteiger partial charge in [-0.25, -0.2) is 4.98 Å². The lowest BCUT2D eigenvalue weighted by Gasteiger charge is -2.41. The van der Waals surface area contributed by atoms with Crippen LogP contribution in [0.3, 0.4) is 0 Å². The highest BCUT2D eigenvalue weighted by molar-refractivity contribution is 7.15. The lowest BCUT2D eigenvalue weighted by molar-refractivity contribution is 0.0888. The highest BCUT2D eigenvalue weighted by Gasteiger charge is 2.43. The van der Waals surface area contributed by atoms with E-state index < -0.39 is 0 Å². The number of oxazole rings is 1. The van der Waals surface area contributed by atoms with Crippen LogP contribution < -0.4 is 19.7 Å². The summed E-state index contributed by atoms with van der Waals surface area (Å²) in [6.45, 7) is 8.00. The first-order valence-corrected chi connectivity index (χ1v) is 23.2. The summed E-state index contributed by atoms with van der Waals surface area (Å²) in [5.74, 6) is 4.10. The van der Waals surface area contributed by atoms with E-state index >= 15 is 0 Å². The average molecular weight is 898 g/mol. The van der Waals surface area contributed by atoms with Crippen LogP contribution in [0.5, 0.6) is 11.5 Å². The number of pyridine rings is 1. The van der Waals surface area contributed by atoms with Gasteiger partial charge in [0.1, 0.15) is 40.7 Å². The first-order chi connectivity index (χ1) is 31.1. The van der Waals surface area contributed by atoms with Crippen LogP contribution in [-0.4, -0.2) is 77.9 Å². The minimum Gasteiger partial charge on any atom is -0.490 e. The molecule has 64 heavy (non-hydrogen) atoms. The van der Waals surface area contributed by atoms with Crippen molar-refractivity contribution in [3.05, 3.63) is 117 Å². The predicted octanol–water partition coefficient (Wildman–Crippen LogP) is 8.43. The lowest BCUT2D eigenvalue weighted by Crippen LogP contribution is -2.43. The fraction of sp³-hybridized carbons (Fsp3) is 0.426. The van der Waals surface area contributed by atoms with Gasteiger partial charge in [-0.2, -0.15) is 5.26 Å². The van der Waals surface area contributed by atoms with E-state index in [1.54, 1.807) is 48.1 Å². The Kier molecular flexibility index (Phi) is 11.4. The summed E-state index contributed by atoms with van der Waals surface area (Å²) in [5, 5.41) is 31.7. The Morgan fingerprint density at radius 2 is 1.83 bits per heavy atom. The average Bonchev–Trinajstić information content (AvgIpc) is 4.10. The van der Waals surface area contributed by atoms with Gasteiger partial charge in [0, 0.05) is 35.6 Å². The standard InChI is InChI=1S/C47H48ClN11O4S/c1-27-28(2)64-46-42(27)43(53-39(22-41-50-18-20-61-41)44-57-54-29(3)59(44)46)37-12-11-35(25-51-37)63-34-15-17-47(23-34)16-4-19-58(26-47)40-14-13-38(55-56-40)45(60)52-31-6-9-32(10-7-31)62-33-8-5-30(24-49)36(48)21-33/h5,8,11-14,18,20-21,25,31-32,34,39H,4,6-7,9-10,15-17,19,22-23,26H2,1-3H3,(H,52,60)/t31?,32?,34-,39+,47-/m1/s1. The van der Waals surface area contributed by atoms with E-state index in [1.165, 1.54) is 4.88 Å². The van der Waals surface area contributed by atoms with Crippen molar-refractivity contribution in [3.8, 4) is 22.6 Å². The second-order valence-electron chi connectivity index (χ2n) is 17.5. The minimum absolute atomic E-state index is 0.0216. The molecule has 10 rings (SSSR count). The molecule has 2 aliphatic heterocycles. The number of nitriles is 1. The molecule has 1 N–H and O–H groups in total. The Labute approximate surface area is 379 Å². The number of piperidine rings is 1. The molecule has 328 valence electrons. The highest BCUT2D eigenvalue weighted by atomic mass is 35.5. The number of thiophene rings is 1. The molecule has 15 nitrogen and oxygen atoms in total. The Morgan fingerprint density at radius 3 is 2.58 bits per heavy atom. The van der Waals surface area contributed by atoms with E-state index in [0.717, 1.165) is 122 Å². The molecule has 1 saturated heterocycles. The zero-order valence-corrected chi connectivity index (χ0v) is 37.5. The second kappa shape index (κ2) is 17.4. The molecule has 1 amide bonds. The molecule has 3 fully saturated rings. The maximum Gasteiger partial charge on any atom is 0.272 e. The van der Waals surface area contributed by atoms with E-state index in [-0.39, 0.29) is 35.6 Å². The number of nitrogens with one attached hydrogen (secondary N) is 1. The van der Waals surface area contributed by atoms with E-state index in [0.29, 0.717) is 34.3 Å². The van der Waals surface area contributed by atoms with Gasteiger partial charge in [-0.1, -0.05) is 11.6 Å². The number of rotatable bonds is 10. The maximum absolute atomic E-state index is 13.2. The van der Waals surface area contributed by atoms with Gasteiger partial charge in [0.15, 0.2) is 23.2 Å². The van der Waals surface area contributed by atoms with Gasteiger partial charge in [-0.3, -0.25) is 19.3 Å². The fourth-order valence-corrected chi connectivity index (χ4v) is 11.3. The van der Waals surface area contributed by atoms with Crippen molar-refractivity contribution < 1.29 is 18.7 Å². The highest BCUT2D eigenvalue weighted by Crippen LogP contribution is 2.47. The van der Waals surface area contributed by atoms with Crippen molar-refractivity contribution in [2.24, 2.45) is 10.4 Å². The zero-order chi connectivity index (χ0) is 44.0. The molecule has 17 heteroatoms. The van der Waals surface area contributed by atoms with E-state index in [4.69, 9.17) is 40.7 Å². The largest absolute Gasteiger partial charge is 0.490 e. The molecule has 5 aromatic heterocycles. The SMILES string of the molecule is Cc1sc2c(c1C)C(c1ccc(O[C@@H]3CC[C@]4(CCCN(c5ccc(C(=O)NC6CCC(Oc7ccc(C#N)c(Cl)c7)CC6)nn5)C4)C3)cn1)=N[C@@H](Cc1ncco1)c1nnc(C)n1-2. The number of aliphatic imine (C=N–C) groups is 1. The van der Waals surface area contributed by atoms with E-state index in [9.17, 15) is 4.79 Å². The summed E-state index contributed by atoms with van der Waals surface area (Å²) in [7, 11) is 0. The van der Waals surface area contributed by atoms with Crippen LogP contribution in [0.25, 0.3) is 5.00 Å². The number of hydrogen-bond donors (Lipinski definition) is 1. The molecule has 2 aliphatic carbocycles. The molecule has 0 bridgehead atoms. The molecular weight excluding hydrogens is 850 g/mol. The minimum atomic E-state index is -0.369. The number of anilines is 1. The molecular formula is C47H48ClN11O4S. The normalized spacial score (nSPS) is 22.9. The number of carbonyl (C=O) groups is 1. The first kappa shape index (κ1) is 41.8. The third kappa shape index (κ3) is 8.34. The van der Waals surface area contributed by atoms with Crippen molar-refractivity contribution in [1.29, 1.82) is 5.26 Å². The number of ether oxygens (including phenoxy) is 2. The van der Waals surface area contributed by atoms with Crippen molar-refractivity contribution in [2.75, 3.05) is 18.0 Å². The zero-order valence-electron chi connectivity index (χ0n) is 36.0. The Bertz CT molecular complexity index is 2740. The molecule has 0 unspecified atom stereocenters. The molecule has 1 spiro atoms. The Morgan fingerprint density at radius 1 is 0.984 bits per heavy atom. The predicted molar refractivity (Wildman–Crippen MR) is 241 cm³/mol. The topological polar surface area (TPSA) is 182 Å². The number of hydrogen-bond acceptors (Lipinski definition) is 14. The molecule has 3 atom stereocenters. The number of aromatic nitrogens is 7. The summed E-state index contributed by atoms with van der Waals surface area (Å²) >= 11 is 7.90. The number of halogens is 1. The number of fused-ring (bicyclic) bond motifs is 3. The summed E-state index contributed by atoms with van der Waals surface area (Å²) in [6.07, 6.45) is 13.9. The molecule has 7 heterocycles. The number of nitrogens with zero attached hydrogens (tertiary/aromatic N) is 10. The fourth-order valence-electron chi connectivity index (χ4n) is 9.88. The van der Waals surface area contributed by atoms with Crippen LogP contribution in [0.4, 0.5) is 5.82 Å². The molecule has 1 aromatic carbocycles. The summed E-state index contributed by atoms with van der Waals surface area (Å²) in [5.41, 5.74) is 4.61. The second-order valence-corrected chi connectivity index (χ2v) is 19.1. The number of carbonyl (C=O) groups excluding carboxylic acids is 1. The van der Waals surface area contributed by atoms with Crippen molar-refractivity contribution in [3.63, 3.8) is 0 Å². The molecule has 2 saturated carbocycles. The quantitative estimate of drug-likeness (QED) is 0.139. The van der Waals surface area contributed by atoms with Crippen LogP contribution in [0.15, 0.2) is 70.5 Å². The summed E-state index contributed by atoms with van der Waals surface area (Å²) < 4.78 is 20.5. The van der Waals surface area contributed by atoms with Gasteiger partial charge in [-0.15, -0.1) is 31.7 Å². The van der Waals surface area contributed by atoms with Crippen molar-refractivity contribution in [1.82, 2.24) is 40.2 Å². The molecule has 4 aliphatic rings. The number of benzene rings is 1. The van der Waals surface area contributed by atoms with E-state index in [2.05, 4.69) is 60.1 Å². The van der Waals surface area contributed by atoms with Crippen LogP contribution in [0.2, 0.25) is 5.02 Å². The monoisotopic (exact) mass is 897 g/mol. The van der Waals surface area contributed by atoms with Crippen LogP contribution in [0, 0.1) is 37.5 Å². The number of aryl methyl sites for hydroxylation is 2. The van der Waals surface area contributed by atoms with Gasteiger partial charge in [0.2, 0.25) is 0 Å². The molecule has 0 radical (unpaired) electrons. The smallest absolute Gasteiger partial charge is 0.272 e. The molecule has 6 aromatic rings. The van der Waals surface area contributed by atoms with Gasteiger partial charge in [0.05, 0.1) is 53.0 Å². The van der Waals surface area contributed by atoms with Gasteiger partial charge < -0.3 is 24.1 Å². The summed E-state index contributed by atoms with van der Waals surface area (Å²) in [6, 6.07) is 14.6. The maximum atomic E-state index is 13.2. The van der Waals surface area contributed by atoms with Crippen molar-refractivity contribution in [2.45, 2.75) is 109 Å².